The molecule has 1 heterocycles. The summed E-state index contributed by atoms with van der Waals surface area (Å²) in [5, 5.41) is 14.7. The summed E-state index contributed by atoms with van der Waals surface area (Å²) < 4.78 is 27.1. The topological polar surface area (TPSA) is 85.1 Å². The van der Waals surface area contributed by atoms with Gasteiger partial charge in [-0.3, -0.25) is 20.2 Å². The molecule has 0 aliphatic heterocycles. The average molecular weight is 396 g/mol. The van der Waals surface area contributed by atoms with Gasteiger partial charge in [0.25, 0.3) is 11.6 Å². The smallest absolute Gasteiger partial charge is 0.270 e. The second-order valence-corrected chi connectivity index (χ2v) is 6.30. The third kappa shape index (κ3) is 3.68. The summed E-state index contributed by atoms with van der Waals surface area (Å²) in [6, 6.07) is 6.41. The molecule has 0 spiro atoms. The van der Waals surface area contributed by atoms with Crippen LogP contribution in [0.1, 0.15) is 10.4 Å². The van der Waals surface area contributed by atoms with Gasteiger partial charge in [0.1, 0.15) is 11.6 Å². The lowest BCUT2D eigenvalue weighted by atomic mass is 10.1. The number of nitro benzene ring substituents is 1. The van der Waals surface area contributed by atoms with Crippen LogP contribution < -0.4 is 5.32 Å². The summed E-state index contributed by atoms with van der Waals surface area (Å²) in [4.78, 5) is 26.4. The average Bonchev–Trinajstić information content (AvgIpc) is 3.05. The minimum Gasteiger partial charge on any atom is -0.298 e. The lowest BCUT2D eigenvalue weighted by Gasteiger charge is -2.04. The summed E-state index contributed by atoms with van der Waals surface area (Å²) in [5.41, 5.74) is -0.0946. The summed E-state index contributed by atoms with van der Waals surface area (Å²) in [5.74, 6) is -1.89. The molecule has 0 saturated heterocycles. The molecule has 6 nitrogen and oxygen atoms in total. The minimum absolute atomic E-state index is 0.0194. The van der Waals surface area contributed by atoms with Gasteiger partial charge in [0, 0.05) is 23.1 Å². The van der Waals surface area contributed by atoms with Gasteiger partial charge in [-0.2, -0.15) is 0 Å². The number of nitro groups is 1. The van der Waals surface area contributed by atoms with E-state index >= 15 is 0 Å². The number of thiazole rings is 1. The van der Waals surface area contributed by atoms with Gasteiger partial charge in [-0.15, -0.1) is 11.3 Å². The van der Waals surface area contributed by atoms with Crippen LogP contribution in [0.5, 0.6) is 0 Å². The molecule has 0 bridgehead atoms. The third-order valence-electron chi connectivity index (χ3n) is 3.34. The molecule has 0 radical (unpaired) electrons. The number of halogens is 3. The van der Waals surface area contributed by atoms with Crippen molar-refractivity contribution in [2.24, 2.45) is 0 Å². The Morgan fingerprint density at radius 2 is 2.00 bits per heavy atom. The molecule has 26 heavy (non-hydrogen) atoms. The monoisotopic (exact) mass is 395 g/mol. The van der Waals surface area contributed by atoms with Crippen molar-refractivity contribution >= 4 is 39.7 Å². The molecule has 0 fully saturated rings. The quantitative estimate of drug-likeness (QED) is 0.502. The van der Waals surface area contributed by atoms with Crippen molar-refractivity contribution in [3.05, 3.63) is 74.1 Å². The largest absolute Gasteiger partial charge is 0.298 e. The summed E-state index contributed by atoms with van der Waals surface area (Å²) in [6.45, 7) is 0. The zero-order chi connectivity index (χ0) is 18.8. The zero-order valence-corrected chi connectivity index (χ0v) is 14.3. The fourth-order valence-electron chi connectivity index (χ4n) is 2.11. The summed E-state index contributed by atoms with van der Waals surface area (Å²) >= 11 is 6.91. The van der Waals surface area contributed by atoms with Crippen LogP contribution in [0.25, 0.3) is 11.3 Å². The molecule has 0 saturated carbocycles. The van der Waals surface area contributed by atoms with Gasteiger partial charge in [0.15, 0.2) is 5.13 Å². The van der Waals surface area contributed by atoms with E-state index in [-0.39, 0.29) is 32.7 Å². The fourth-order valence-corrected chi connectivity index (χ4v) is 3.08. The highest BCUT2D eigenvalue weighted by molar-refractivity contribution is 7.14. The highest BCUT2D eigenvalue weighted by Gasteiger charge is 2.17. The summed E-state index contributed by atoms with van der Waals surface area (Å²) in [7, 11) is 0. The number of benzene rings is 2. The molecule has 0 aliphatic carbocycles. The third-order valence-corrected chi connectivity index (χ3v) is 4.41. The summed E-state index contributed by atoms with van der Waals surface area (Å²) in [6.07, 6.45) is 0. The second-order valence-electron chi connectivity index (χ2n) is 5.04. The van der Waals surface area contributed by atoms with Crippen LogP contribution in [0.4, 0.5) is 19.6 Å². The minimum atomic E-state index is -0.645. The van der Waals surface area contributed by atoms with Crippen molar-refractivity contribution in [2.45, 2.75) is 0 Å². The molecule has 2 aromatic carbocycles. The van der Waals surface area contributed by atoms with Crippen LogP contribution >= 0.6 is 22.9 Å². The van der Waals surface area contributed by atoms with E-state index in [0.717, 1.165) is 41.7 Å². The number of aromatic nitrogens is 1. The Kier molecular flexibility index (Phi) is 4.92. The van der Waals surface area contributed by atoms with E-state index < -0.39 is 22.5 Å². The SMILES string of the molecule is O=C(Nc1nc(-c2cc(F)ccc2F)cs1)c1ccc([N+](=O)[O-])cc1Cl. The van der Waals surface area contributed by atoms with Crippen molar-refractivity contribution < 1.29 is 18.5 Å². The van der Waals surface area contributed by atoms with Gasteiger partial charge in [-0.1, -0.05) is 11.6 Å². The Morgan fingerprint density at radius 3 is 2.69 bits per heavy atom. The van der Waals surface area contributed by atoms with Gasteiger partial charge in [0.2, 0.25) is 0 Å². The highest BCUT2D eigenvalue weighted by Crippen LogP contribution is 2.29. The van der Waals surface area contributed by atoms with E-state index in [1.54, 1.807) is 0 Å². The number of carbonyl (C=O) groups excluding carboxylic acids is 1. The number of anilines is 1. The first-order chi connectivity index (χ1) is 12.3. The first-order valence-electron chi connectivity index (χ1n) is 7.01. The lowest BCUT2D eigenvalue weighted by Crippen LogP contribution is -2.12. The van der Waals surface area contributed by atoms with Crippen molar-refractivity contribution in [3.63, 3.8) is 0 Å². The highest BCUT2D eigenvalue weighted by atomic mass is 35.5. The van der Waals surface area contributed by atoms with Crippen molar-refractivity contribution in [3.8, 4) is 11.3 Å². The van der Waals surface area contributed by atoms with Crippen LogP contribution in [0.3, 0.4) is 0 Å². The van der Waals surface area contributed by atoms with Crippen molar-refractivity contribution in [1.82, 2.24) is 4.98 Å². The number of hydrogen-bond donors (Lipinski definition) is 1. The van der Waals surface area contributed by atoms with E-state index in [1.165, 1.54) is 11.4 Å². The predicted molar refractivity (Wildman–Crippen MR) is 93.5 cm³/mol. The maximum Gasteiger partial charge on any atom is 0.270 e. The molecule has 1 N–H and O–H groups in total. The van der Waals surface area contributed by atoms with E-state index in [4.69, 9.17) is 11.6 Å². The van der Waals surface area contributed by atoms with Crippen molar-refractivity contribution in [1.29, 1.82) is 0 Å². The molecule has 132 valence electrons. The Labute approximate surface area is 154 Å². The first-order valence-corrected chi connectivity index (χ1v) is 8.27. The zero-order valence-electron chi connectivity index (χ0n) is 12.7. The number of non-ortho nitro benzene ring substituents is 1. The maximum atomic E-state index is 13.8. The molecule has 0 atom stereocenters. The lowest BCUT2D eigenvalue weighted by molar-refractivity contribution is -0.384. The van der Waals surface area contributed by atoms with Crippen LogP contribution in [-0.4, -0.2) is 15.8 Å². The van der Waals surface area contributed by atoms with E-state index in [1.807, 2.05) is 0 Å². The standard InChI is InChI=1S/C16H8ClF2N3O3S/c17-12-6-9(22(24)25)2-3-10(12)15(23)21-16-20-14(7-26-16)11-5-8(18)1-4-13(11)19/h1-7H,(H,20,21,23). The van der Waals surface area contributed by atoms with E-state index in [9.17, 15) is 23.7 Å². The number of rotatable bonds is 4. The van der Waals surface area contributed by atoms with Crippen LogP contribution in [0.2, 0.25) is 5.02 Å². The molecule has 1 aromatic heterocycles. The molecule has 0 aliphatic rings. The van der Waals surface area contributed by atoms with E-state index in [2.05, 4.69) is 10.3 Å². The van der Waals surface area contributed by atoms with Gasteiger partial charge in [0.05, 0.1) is 21.2 Å². The predicted octanol–water partition coefficient (Wildman–Crippen LogP) is 4.90. The molecule has 10 heteroatoms. The molecule has 0 unspecified atom stereocenters. The number of nitrogens with one attached hydrogen (secondary N) is 1. The Balaban J connectivity index is 1.82. The van der Waals surface area contributed by atoms with Crippen LogP contribution in [0, 0.1) is 21.7 Å². The van der Waals surface area contributed by atoms with Gasteiger partial charge in [-0.25, -0.2) is 13.8 Å². The number of hydrogen-bond acceptors (Lipinski definition) is 5. The second kappa shape index (κ2) is 7.14. The Morgan fingerprint density at radius 1 is 1.23 bits per heavy atom. The Bertz CT molecular complexity index is 1030. The normalized spacial score (nSPS) is 10.6. The van der Waals surface area contributed by atoms with Crippen LogP contribution in [0.15, 0.2) is 41.8 Å². The molecule has 3 rings (SSSR count). The molecule has 3 aromatic rings. The molecule has 1 amide bonds. The first kappa shape index (κ1) is 17.9. The number of amides is 1. The van der Waals surface area contributed by atoms with Crippen molar-refractivity contribution in [2.75, 3.05) is 5.32 Å². The number of carbonyl (C=O) groups is 1. The number of nitrogens with zero attached hydrogens (tertiary/aromatic N) is 2. The van der Waals surface area contributed by atoms with E-state index in [0.29, 0.717) is 0 Å². The van der Waals surface area contributed by atoms with Crippen LogP contribution in [-0.2, 0) is 0 Å². The molecular formula is C16H8ClF2N3O3S. The Hall–Kier alpha value is -2.91. The van der Waals surface area contributed by atoms with Gasteiger partial charge in [-0.05, 0) is 24.3 Å². The van der Waals surface area contributed by atoms with Gasteiger partial charge >= 0.3 is 0 Å². The van der Waals surface area contributed by atoms with Gasteiger partial charge < -0.3 is 0 Å². The fraction of sp³-hybridized carbons (Fsp3) is 0. The molecular weight excluding hydrogens is 388 g/mol. The maximum absolute atomic E-state index is 13.8.